The van der Waals surface area contributed by atoms with E-state index in [1.54, 1.807) is 29.3 Å². The quantitative estimate of drug-likeness (QED) is 0.559. The van der Waals surface area contributed by atoms with Gasteiger partial charge in [-0.2, -0.15) is 4.98 Å². The zero-order chi connectivity index (χ0) is 25.6. The van der Waals surface area contributed by atoms with Crippen LogP contribution < -0.4 is 19.9 Å². The van der Waals surface area contributed by atoms with Crippen molar-refractivity contribution in [2.24, 2.45) is 0 Å². The standard InChI is InChI=1S/C27H30N6O4/c1-17-13-18(9-11-28-17)21-7-8-22-25(29-21)33(19-10-12-32(22)14-19)26(34)31-23-5-4-6-24(30-23)35-15-20-16-36-27(2,3)37-20/h4-9,11,13,19-20H,10,12,14-16H2,1-3H3,(H,30,31,34)/t19?,20-/m1/s1. The third-order valence-electron chi connectivity index (χ3n) is 6.81. The van der Waals surface area contributed by atoms with Crippen molar-refractivity contribution in [1.29, 1.82) is 0 Å². The van der Waals surface area contributed by atoms with E-state index in [0.717, 1.165) is 42.1 Å². The third kappa shape index (κ3) is 4.82. The van der Waals surface area contributed by atoms with Crippen LogP contribution in [0.4, 0.5) is 22.1 Å². The van der Waals surface area contributed by atoms with Crippen molar-refractivity contribution in [3.05, 3.63) is 54.4 Å². The number of hydrogen-bond acceptors (Lipinski definition) is 8. The van der Waals surface area contributed by atoms with Gasteiger partial charge in [-0.3, -0.25) is 15.2 Å². The second kappa shape index (κ2) is 9.28. The number of carbonyl (C=O) groups excluding carboxylic acids is 1. The Morgan fingerprint density at radius 3 is 2.92 bits per heavy atom. The molecular formula is C27H30N6O4. The van der Waals surface area contributed by atoms with Gasteiger partial charge in [-0.15, -0.1) is 0 Å². The lowest BCUT2D eigenvalue weighted by molar-refractivity contribution is -0.141. The van der Waals surface area contributed by atoms with Crippen molar-refractivity contribution in [1.82, 2.24) is 15.0 Å². The van der Waals surface area contributed by atoms with Crippen LogP contribution >= 0.6 is 0 Å². The van der Waals surface area contributed by atoms with Crippen LogP contribution in [0.3, 0.4) is 0 Å². The van der Waals surface area contributed by atoms with Gasteiger partial charge in [0.25, 0.3) is 0 Å². The van der Waals surface area contributed by atoms with Crippen LogP contribution in [0.1, 0.15) is 26.0 Å². The van der Waals surface area contributed by atoms with Gasteiger partial charge in [-0.1, -0.05) is 6.07 Å². The zero-order valence-electron chi connectivity index (χ0n) is 21.2. The summed E-state index contributed by atoms with van der Waals surface area (Å²) < 4.78 is 17.2. The Morgan fingerprint density at radius 1 is 1.22 bits per heavy atom. The molecular weight excluding hydrogens is 472 g/mol. The highest BCUT2D eigenvalue weighted by Gasteiger charge is 2.40. The van der Waals surface area contributed by atoms with Gasteiger partial charge in [0.2, 0.25) is 5.88 Å². The van der Waals surface area contributed by atoms with E-state index in [4.69, 9.17) is 19.2 Å². The largest absolute Gasteiger partial charge is 0.475 e. The summed E-state index contributed by atoms with van der Waals surface area (Å²) >= 11 is 0. The van der Waals surface area contributed by atoms with Crippen LogP contribution in [-0.2, 0) is 9.47 Å². The van der Waals surface area contributed by atoms with Gasteiger partial charge in [0.05, 0.1) is 24.0 Å². The molecule has 0 radical (unpaired) electrons. The minimum Gasteiger partial charge on any atom is -0.475 e. The van der Waals surface area contributed by atoms with Crippen LogP contribution in [0, 0.1) is 6.92 Å². The van der Waals surface area contributed by atoms with Gasteiger partial charge in [-0.05, 0) is 57.5 Å². The molecule has 3 aliphatic heterocycles. The number of carbonyl (C=O) groups is 1. The number of rotatable bonds is 5. The minimum atomic E-state index is -0.609. The molecule has 37 heavy (non-hydrogen) atoms. The van der Waals surface area contributed by atoms with Gasteiger partial charge in [0, 0.05) is 36.6 Å². The summed E-state index contributed by atoms with van der Waals surface area (Å²) in [4.78, 5) is 31.4. The van der Waals surface area contributed by atoms with E-state index in [-0.39, 0.29) is 18.2 Å². The molecule has 2 atom stereocenters. The predicted molar refractivity (Wildman–Crippen MR) is 139 cm³/mol. The molecule has 0 saturated carbocycles. The van der Waals surface area contributed by atoms with Crippen molar-refractivity contribution >= 4 is 23.4 Å². The molecule has 10 heteroatoms. The van der Waals surface area contributed by atoms with E-state index in [1.165, 1.54) is 0 Å². The lowest BCUT2D eigenvalue weighted by Crippen LogP contribution is -2.48. The Labute approximate surface area is 215 Å². The Balaban J connectivity index is 1.21. The maximum atomic E-state index is 13.6. The molecule has 3 aromatic rings. The zero-order valence-corrected chi connectivity index (χ0v) is 21.2. The highest BCUT2D eigenvalue weighted by molar-refractivity contribution is 6.04. The van der Waals surface area contributed by atoms with E-state index >= 15 is 0 Å². The van der Waals surface area contributed by atoms with E-state index in [1.807, 2.05) is 39.0 Å². The van der Waals surface area contributed by atoms with Gasteiger partial charge >= 0.3 is 6.03 Å². The number of urea groups is 1. The molecule has 2 fully saturated rings. The normalized spacial score (nSPS) is 21.6. The summed E-state index contributed by atoms with van der Waals surface area (Å²) in [6, 6.07) is 13.1. The Hall–Kier alpha value is -3.76. The van der Waals surface area contributed by atoms with Crippen molar-refractivity contribution in [2.75, 3.05) is 41.4 Å². The molecule has 3 aromatic heterocycles. The number of ether oxygens (including phenoxy) is 3. The van der Waals surface area contributed by atoms with Crippen molar-refractivity contribution in [3.8, 4) is 17.1 Å². The summed E-state index contributed by atoms with van der Waals surface area (Å²) in [6.45, 7) is 8.15. The summed E-state index contributed by atoms with van der Waals surface area (Å²) in [5.41, 5.74) is 3.65. The van der Waals surface area contributed by atoms with E-state index < -0.39 is 5.79 Å². The summed E-state index contributed by atoms with van der Waals surface area (Å²) in [7, 11) is 0. The monoisotopic (exact) mass is 502 g/mol. The molecule has 0 aliphatic carbocycles. The fraction of sp³-hybridized carbons (Fsp3) is 0.407. The van der Waals surface area contributed by atoms with E-state index in [2.05, 4.69) is 26.3 Å². The van der Waals surface area contributed by atoms with Gasteiger partial charge in [-0.25, -0.2) is 9.78 Å². The lowest BCUT2D eigenvalue weighted by Gasteiger charge is -2.35. The first-order valence-corrected chi connectivity index (χ1v) is 12.6. The fourth-order valence-electron chi connectivity index (χ4n) is 5.10. The number of pyridine rings is 3. The molecule has 1 N–H and O–H groups in total. The minimum absolute atomic E-state index is 0.0386. The molecule has 2 saturated heterocycles. The molecule has 1 unspecified atom stereocenters. The van der Waals surface area contributed by atoms with Crippen molar-refractivity contribution in [2.45, 2.75) is 45.1 Å². The number of nitrogens with zero attached hydrogens (tertiary/aromatic N) is 5. The number of amides is 2. The second-order valence-corrected chi connectivity index (χ2v) is 10.0. The van der Waals surface area contributed by atoms with Crippen LogP contribution in [0.25, 0.3) is 11.3 Å². The summed E-state index contributed by atoms with van der Waals surface area (Å²) in [5.74, 6) is 0.869. The Bertz CT molecular complexity index is 1330. The average molecular weight is 503 g/mol. The van der Waals surface area contributed by atoms with Crippen LogP contribution in [0.5, 0.6) is 5.88 Å². The number of aryl methyl sites for hydroxylation is 1. The van der Waals surface area contributed by atoms with Crippen LogP contribution in [0.15, 0.2) is 48.7 Å². The molecule has 0 spiro atoms. The van der Waals surface area contributed by atoms with Gasteiger partial charge < -0.3 is 19.1 Å². The molecule has 0 aromatic carbocycles. The highest BCUT2D eigenvalue weighted by Crippen LogP contribution is 2.40. The van der Waals surface area contributed by atoms with E-state index in [9.17, 15) is 4.79 Å². The first-order valence-electron chi connectivity index (χ1n) is 12.6. The molecule has 3 aliphatic rings. The topological polar surface area (TPSA) is 102 Å². The summed E-state index contributed by atoms with van der Waals surface area (Å²) in [6.07, 6.45) is 2.48. The molecule has 2 bridgehead atoms. The number of aromatic nitrogens is 3. The second-order valence-electron chi connectivity index (χ2n) is 10.0. The van der Waals surface area contributed by atoms with Gasteiger partial charge in [0.15, 0.2) is 11.6 Å². The molecule has 192 valence electrons. The molecule has 2 amide bonds. The highest BCUT2D eigenvalue weighted by atomic mass is 16.7. The van der Waals surface area contributed by atoms with Crippen LogP contribution in [-0.4, -0.2) is 65.2 Å². The lowest BCUT2D eigenvalue weighted by atomic mass is 10.1. The maximum absolute atomic E-state index is 13.6. The Kier molecular flexibility index (Phi) is 5.92. The fourth-order valence-corrected chi connectivity index (χ4v) is 5.10. The number of fused-ring (bicyclic) bond motifs is 4. The molecule has 6 rings (SSSR count). The first kappa shape index (κ1) is 23.6. The SMILES string of the molecule is Cc1cc(-c2ccc3c(n2)N(C(=O)Nc2cccc(OC[C@@H]4COC(C)(C)O4)n2)C2CCN3C2)ccn1. The van der Waals surface area contributed by atoms with Gasteiger partial charge in [0.1, 0.15) is 18.5 Å². The van der Waals surface area contributed by atoms with Crippen molar-refractivity contribution in [3.63, 3.8) is 0 Å². The maximum Gasteiger partial charge on any atom is 0.329 e. The number of hydrogen-bond donors (Lipinski definition) is 1. The molecule has 6 heterocycles. The van der Waals surface area contributed by atoms with Crippen molar-refractivity contribution < 1.29 is 19.0 Å². The third-order valence-corrected chi connectivity index (χ3v) is 6.81. The molecule has 10 nitrogen and oxygen atoms in total. The first-order chi connectivity index (χ1) is 17.8. The Morgan fingerprint density at radius 2 is 2.11 bits per heavy atom. The predicted octanol–water partition coefficient (Wildman–Crippen LogP) is 4.01. The number of nitrogens with one attached hydrogen (secondary N) is 1. The summed E-state index contributed by atoms with van der Waals surface area (Å²) in [5, 5.41) is 2.96. The smallest absolute Gasteiger partial charge is 0.329 e. The average Bonchev–Trinajstić information content (AvgIpc) is 3.46. The van der Waals surface area contributed by atoms with E-state index in [0.29, 0.717) is 30.7 Å². The number of anilines is 3. The van der Waals surface area contributed by atoms with Crippen LogP contribution in [0.2, 0.25) is 0 Å².